The standard InChI is InChI=1S/C31H34N6O3/c1-20-19-36(30(40)27-32-17-23(18-33-27)21-10-6-5-7-11-21)14-15-37(20)29(39)26(31(2,3)4)35-28(38)25-16-22-12-8-9-13-24(22)34-25/h5-13,16-18,20,26,34H,14-15,19H2,1-4H3,(H,35,38). The first-order chi connectivity index (χ1) is 19.1. The van der Waals surface area contributed by atoms with E-state index in [4.69, 9.17) is 0 Å². The van der Waals surface area contributed by atoms with E-state index in [9.17, 15) is 14.4 Å². The number of hydrogen-bond acceptors (Lipinski definition) is 5. The van der Waals surface area contributed by atoms with Gasteiger partial charge in [0.2, 0.25) is 11.7 Å². The van der Waals surface area contributed by atoms with Crippen LogP contribution in [0.2, 0.25) is 0 Å². The molecule has 1 fully saturated rings. The quantitative estimate of drug-likeness (QED) is 0.397. The molecule has 206 valence electrons. The third-order valence-corrected chi connectivity index (χ3v) is 7.31. The van der Waals surface area contributed by atoms with Gasteiger partial charge in [0, 0.05) is 54.5 Å². The third-order valence-electron chi connectivity index (χ3n) is 7.31. The van der Waals surface area contributed by atoms with Gasteiger partial charge < -0.3 is 20.1 Å². The molecule has 0 saturated carbocycles. The topological polar surface area (TPSA) is 111 Å². The highest BCUT2D eigenvalue weighted by atomic mass is 16.2. The number of aromatic nitrogens is 3. The second-order valence-corrected chi connectivity index (χ2v) is 11.3. The Balaban J connectivity index is 1.25. The van der Waals surface area contributed by atoms with Crippen LogP contribution in [-0.4, -0.2) is 74.2 Å². The van der Waals surface area contributed by atoms with E-state index in [-0.39, 0.29) is 29.6 Å². The van der Waals surface area contributed by atoms with Crippen molar-refractivity contribution in [2.75, 3.05) is 19.6 Å². The number of H-pyrrole nitrogens is 1. The molecule has 2 aromatic heterocycles. The van der Waals surface area contributed by atoms with Gasteiger partial charge in [-0.25, -0.2) is 9.97 Å². The maximum atomic E-state index is 13.8. The second-order valence-electron chi connectivity index (χ2n) is 11.3. The summed E-state index contributed by atoms with van der Waals surface area (Å²) >= 11 is 0. The summed E-state index contributed by atoms with van der Waals surface area (Å²) in [5.41, 5.74) is 2.56. The second kappa shape index (κ2) is 10.9. The van der Waals surface area contributed by atoms with E-state index in [2.05, 4.69) is 20.3 Å². The molecule has 1 aliphatic heterocycles. The van der Waals surface area contributed by atoms with Crippen LogP contribution in [0.25, 0.3) is 22.0 Å². The largest absolute Gasteiger partial charge is 0.351 e. The molecular formula is C31H34N6O3. The van der Waals surface area contributed by atoms with Crippen LogP contribution in [-0.2, 0) is 4.79 Å². The number of carbonyl (C=O) groups excluding carboxylic acids is 3. The zero-order valence-corrected chi connectivity index (χ0v) is 23.2. The Morgan fingerprint density at radius 2 is 1.62 bits per heavy atom. The average Bonchev–Trinajstić information content (AvgIpc) is 3.40. The Labute approximate surface area is 233 Å². The average molecular weight is 539 g/mol. The van der Waals surface area contributed by atoms with Gasteiger partial charge in [-0.2, -0.15) is 0 Å². The number of amides is 3. The fourth-order valence-corrected chi connectivity index (χ4v) is 5.05. The number of nitrogens with zero attached hydrogens (tertiary/aromatic N) is 4. The van der Waals surface area contributed by atoms with E-state index in [1.165, 1.54) is 0 Å². The van der Waals surface area contributed by atoms with Gasteiger partial charge in [0.05, 0.1) is 0 Å². The van der Waals surface area contributed by atoms with Gasteiger partial charge >= 0.3 is 0 Å². The van der Waals surface area contributed by atoms with Gasteiger partial charge in [-0.1, -0.05) is 69.3 Å². The van der Waals surface area contributed by atoms with Crippen LogP contribution in [0.15, 0.2) is 73.1 Å². The Morgan fingerprint density at radius 1 is 0.950 bits per heavy atom. The number of piperazine rings is 1. The minimum atomic E-state index is -0.745. The predicted octanol–water partition coefficient (Wildman–Crippen LogP) is 4.14. The SMILES string of the molecule is CC1CN(C(=O)c2ncc(-c3ccccc3)cn2)CCN1C(=O)C(NC(=O)c1cc2ccccc2[nH]1)C(C)(C)C. The highest BCUT2D eigenvalue weighted by Crippen LogP contribution is 2.25. The molecule has 9 nitrogen and oxygen atoms in total. The molecule has 9 heteroatoms. The van der Waals surface area contributed by atoms with Gasteiger partial charge in [-0.3, -0.25) is 14.4 Å². The summed E-state index contributed by atoms with van der Waals surface area (Å²) in [7, 11) is 0. The van der Waals surface area contributed by atoms with Crippen LogP contribution in [0.5, 0.6) is 0 Å². The number of carbonyl (C=O) groups is 3. The molecule has 1 aliphatic rings. The van der Waals surface area contributed by atoms with E-state index in [1.807, 2.05) is 82.3 Å². The highest BCUT2D eigenvalue weighted by molar-refractivity contribution is 6.00. The minimum Gasteiger partial charge on any atom is -0.351 e. The number of hydrogen-bond donors (Lipinski definition) is 2. The molecule has 0 bridgehead atoms. The summed E-state index contributed by atoms with van der Waals surface area (Å²) in [6.45, 7) is 8.76. The fraction of sp³-hybridized carbons (Fsp3) is 0.323. The Morgan fingerprint density at radius 3 is 2.27 bits per heavy atom. The highest BCUT2D eigenvalue weighted by Gasteiger charge is 2.40. The third kappa shape index (κ3) is 5.59. The maximum Gasteiger partial charge on any atom is 0.291 e. The van der Waals surface area contributed by atoms with E-state index in [0.29, 0.717) is 25.3 Å². The van der Waals surface area contributed by atoms with Crippen LogP contribution in [0, 0.1) is 5.41 Å². The van der Waals surface area contributed by atoms with Gasteiger partial charge in [0.25, 0.3) is 11.8 Å². The molecular weight excluding hydrogens is 504 g/mol. The van der Waals surface area contributed by atoms with E-state index in [0.717, 1.165) is 22.0 Å². The first-order valence-corrected chi connectivity index (χ1v) is 13.5. The van der Waals surface area contributed by atoms with Crippen LogP contribution >= 0.6 is 0 Å². The van der Waals surface area contributed by atoms with Crippen molar-refractivity contribution in [3.63, 3.8) is 0 Å². The number of benzene rings is 2. The lowest BCUT2D eigenvalue weighted by atomic mass is 9.85. The molecule has 40 heavy (non-hydrogen) atoms. The summed E-state index contributed by atoms with van der Waals surface area (Å²) in [5, 5.41) is 3.90. The number of fused-ring (bicyclic) bond motifs is 1. The van der Waals surface area contributed by atoms with Gasteiger partial charge in [-0.15, -0.1) is 0 Å². The summed E-state index contributed by atoms with van der Waals surface area (Å²) in [4.78, 5) is 55.3. The molecule has 2 atom stereocenters. The molecule has 2 N–H and O–H groups in total. The molecule has 0 radical (unpaired) electrons. The minimum absolute atomic E-state index is 0.129. The van der Waals surface area contributed by atoms with E-state index < -0.39 is 11.5 Å². The number of rotatable bonds is 5. The summed E-state index contributed by atoms with van der Waals surface area (Å²) in [6.07, 6.45) is 3.31. The Hall–Kier alpha value is -4.53. The molecule has 1 saturated heterocycles. The number of para-hydroxylation sites is 1. The van der Waals surface area contributed by atoms with Crippen LogP contribution < -0.4 is 5.32 Å². The van der Waals surface area contributed by atoms with Crippen molar-refractivity contribution in [3.8, 4) is 11.1 Å². The molecule has 2 aromatic carbocycles. The van der Waals surface area contributed by atoms with Gasteiger partial charge in [-0.05, 0) is 30.0 Å². The van der Waals surface area contributed by atoms with Crippen molar-refractivity contribution >= 4 is 28.6 Å². The van der Waals surface area contributed by atoms with Crippen LogP contribution in [0.4, 0.5) is 0 Å². The van der Waals surface area contributed by atoms with E-state index >= 15 is 0 Å². The number of aromatic amines is 1. The molecule has 4 aromatic rings. The molecule has 3 heterocycles. The Bertz CT molecular complexity index is 1490. The van der Waals surface area contributed by atoms with Crippen molar-refractivity contribution in [2.24, 2.45) is 5.41 Å². The zero-order valence-electron chi connectivity index (χ0n) is 23.2. The lowest BCUT2D eigenvalue weighted by Crippen LogP contribution is -2.62. The van der Waals surface area contributed by atoms with Gasteiger partial charge in [0.1, 0.15) is 11.7 Å². The monoisotopic (exact) mass is 538 g/mol. The fourth-order valence-electron chi connectivity index (χ4n) is 5.05. The lowest BCUT2D eigenvalue weighted by molar-refractivity contribution is -0.140. The predicted molar refractivity (Wildman–Crippen MR) is 154 cm³/mol. The van der Waals surface area contributed by atoms with Crippen molar-refractivity contribution in [3.05, 3.63) is 84.6 Å². The van der Waals surface area contributed by atoms with Crippen LogP contribution in [0.1, 0.15) is 48.8 Å². The van der Waals surface area contributed by atoms with Crippen molar-refractivity contribution in [1.29, 1.82) is 0 Å². The van der Waals surface area contributed by atoms with Crippen molar-refractivity contribution < 1.29 is 14.4 Å². The molecule has 0 aliphatic carbocycles. The summed E-state index contributed by atoms with van der Waals surface area (Å²) in [6, 6.07) is 18.2. The Kier molecular flexibility index (Phi) is 7.38. The number of nitrogens with one attached hydrogen (secondary N) is 2. The molecule has 3 amide bonds. The smallest absolute Gasteiger partial charge is 0.291 e. The summed E-state index contributed by atoms with van der Waals surface area (Å²) < 4.78 is 0. The lowest BCUT2D eigenvalue weighted by Gasteiger charge is -2.43. The first-order valence-electron chi connectivity index (χ1n) is 13.5. The maximum absolute atomic E-state index is 13.8. The summed E-state index contributed by atoms with van der Waals surface area (Å²) in [5.74, 6) is -0.634. The molecule has 2 unspecified atom stereocenters. The van der Waals surface area contributed by atoms with Crippen molar-refractivity contribution in [1.82, 2.24) is 30.1 Å². The van der Waals surface area contributed by atoms with Crippen LogP contribution in [0.3, 0.4) is 0 Å². The van der Waals surface area contributed by atoms with Crippen molar-refractivity contribution in [2.45, 2.75) is 39.8 Å². The molecule has 0 spiro atoms. The van der Waals surface area contributed by atoms with E-state index in [1.54, 1.807) is 28.3 Å². The zero-order chi connectivity index (χ0) is 28.4. The first kappa shape index (κ1) is 27.1. The normalized spacial score (nSPS) is 16.6. The van der Waals surface area contributed by atoms with Gasteiger partial charge in [0.15, 0.2) is 0 Å². The molecule has 5 rings (SSSR count).